The van der Waals surface area contributed by atoms with Gasteiger partial charge in [0.2, 0.25) is 0 Å². The van der Waals surface area contributed by atoms with Gasteiger partial charge >= 0.3 is 0 Å². The predicted molar refractivity (Wildman–Crippen MR) is 76.0 cm³/mol. The lowest BCUT2D eigenvalue weighted by atomic mass is 9.75. The van der Waals surface area contributed by atoms with E-state index in [0.29, 0.717) is 12.5 Å². The van der Waals surface area contributed by atoms with Crippen LogP contribution in [0.3, 0.4) is 0 Å². The fourth-order valence-electron chi connectivity index (χ4n) is 1.93. The second-order valence-electron chi connectivity index (χ2n) is 5.35. The van der Waals surface area contributed by atoms with Gasteiger partial charge in [0.05, 0.1) is 15.9 Å². The van der Waals surface area contributed by atoms with Crippen LogP contribution >= 0.6 is 15.9 Å². The Balaban J connectivity index is 3.09. The molecule has 2 N–H and O–H groups in total. The van der Waals surface area contributed by atoms with Crippen molar-refractivity contribution in [3.63, 3.8) is 0 Å². The van der Waals surface area contributed by atoms with Crippen LogP contribution in [0.5, 0.6) is 0 Å². The van der Waals surface area contributed by atoms with E-state index in [4.69, 9.17) is 5.73 Å². The minimum Gasteiger partial charge on any atom is -0.330 e. The first kappa shape index (κ1) is 14.7. The highest BCUT2D eigenvalue weighted by Crippen LogP contribution is 2.33. The Hall–Kier alpha value is -0.350. The molecule has 0 saturated heterocycles. The summed E-state index contributed by atoms with van der Waals surface area (Å²) in [5.41, 5.74) is 8.42. The van der Waals surface area contributed by atoms with Crippen LogP contribution in [0, 0.1) is 18.3 Å². The molecule has 0 bridgehead atoms. The Kier molecular flexibility index (Phi) is 4.78. The van der Waals surface area contributed by atoms with Crippen molar-refractivity contribution in [1.29, 1.82) is 0 Å². The molecule has 0 spiro atoms. The maximum atomic E-state index is 5.96. The molecule has 4 heteroatoms. The Bertz CT molecular complexity index is 384. The summed E-state index contributed by atoms with van der Waals surface area (Å²) < 4.78 is 3.22. The van der Waals surface area contributed by atoms with Gasteiger partial charge in [-0.05, 0) is 54.1 Å². The summed E-state index contributed by atoms with van der Waals surface area (Å²) >= 11 is 3.65. The Morgan fingerprint density at radius 1 is 1.47 bits per heavy atom. The van der Waals surface area contributed by atoms with Crippen LogP contribution in [0.15, 0.2) is 4.47 Å². The first-order valence-corrected chi connectivity index (χ1v) is 7.06. The third-order valence-corrected chi connectivity index (χ3v) is 4.92. The number of nitrogens with two attached hydrogens (primary N) is 1. The SMILES string of the molecule is CCn1nc(C)c(Br)c1CC(C)(CN)C(C)C. The van der Waals surface area contributed by atoms with Gasteiger partial charge in [0, 0.05) is 6.54 Å². The van der Waals surface area contributed by atoms with Crippen molar-refractivity contribution < 1.29 is 0 Å². The van der Waals surface area contributed by atoms with Gasteiger partial charge in [-0.15, -0.1) is 0 Å². The number of aromatic nitrogens is 2. The summed E-state index contributed by atoms with van der Waals surface area (Å²) in [4.78, 5) is 0. The first-order chi connectivity index (χ1) is 7.85. The van der Waals surface area contributed by atoms with Gasteiger partial charge < -0.3 is 5.73 Å². The van der Waals surface area contributed by atoms with E-state index in [-0.39, 0.29) is 5.41 Å². The average Bonchev–Trinajstić information content (AvgIpc) is 2.56. The molecule has 0 amide bonds. The van der Waals surface area contributed by atoms with E-state index >= 15 is 0 Å². The first-order valence-electron chi connectivity index (χ1n) is 6.27. The van der Waals surface area contributed by atoms with E-state index in [0.717, 1.165) is 23.1 Å². The van der Waals surface area contributed by atoms with Crippen molar-refractivity contribution in [2.45, 2.75) is 47.6 Å². The van der Waals surface area contributed by atoms with Gasteiger partial charge in [-0.2, -0.15) is 5.10 Å². The molecule has 1 unspecified atom stereocenters. The third kappa shape index (κ3) is 2.91. The Labute approximate surface area is 113 Å². The molecule has 3 nitrogen and oxygen atoms in total. The lowest BCUT2D eigenvalue weighted by molar-refractivity contribution is 0.221. The van der Waals surface area contributed by atoms with Crippen LogP contribution in [-0.4, -0.2) is 16.3 Å². The molecule has 1 heterocycles. The standard InChI is InChI=1S/C13H24BrN3/c1-6-17-11(12(14)10(4)16-17)7-13(5,8-15)9(2)3/h9H,6-8,15H2,1-5H3. The predicted octanol–water partition coefficient (Wildman–Crippen LogP) is 3.14. The van der Waals surface area contributed by atoms with Crippen molar-refractivity contribution in [3.8, 4) is 0 Å². The van der Waals surface area contributed by atoms with E-state index in [1.165, 1.54) is 5.69 Å². The van der Waals surface area contributed by atoms with Gasteiger partial charge in [0.15, 0.2) is 0 Å². The smallest absolute Gasteiger partial charge is 0.0738 e. The van der Waals surface area contributed by atoms with Gasteiger partial charge in [-0.3, -0.25) is 4.68 Å². The molecule has 0 aliphatic heterocycles. The summed E-state index contributed by atoms with van der Waals surface area (Å²) in [5, 5.41) is 4.54. The number of aryl methyl sites for hydroxylation is 2. The van der Waals surface area contributed by atoms with Gasteiger partial charge in [-0.25, -0.2) is 0 Å². The molecule has 0 fully saturated rings. The maximum Gasteiger partial charge on any atom is 0.0738 e. The van der Waals surface area contributed by atoms with E-state index in [9.17, 15) is 0 Å². The minimum absolute atomic E-state index is 0.127. The number of hydrogen-bond donors (Lipinski definition) is 1. The summed E-state index contributed by atoms with van der Waals surface area (Å²) in [6, 6.07) is 0. The van der Waals surface area contributed by atoms with Crippen LogP contribution in [0.25, 0.3) is 0 Å². The van der Waals surface area contributed by atoms with Crippen LogP contribution < -0.4 is 5.73 Å². The molecule has 1 aromatic heterocycles. The minimum atomic E-state index is 0.127. The van der Waals surface area contributed by atoms with Crippen molar-refractivity contribution >= 4 is 15.9 Å². The fraction of sp³-hybridized carbons (Fsp3) is 0.769. The molecule has 1 aromatic rings. The van der Waals surface area contributed by atoms with Crippen molar-refractivity contribution in [2.24, 2.45) is 17.1 Å². The maximum absolute atomic E-state index is 5.96. The van der Waals surface area contributed by atoms with E-state index in [2.05, 4.69) is 53.4 Å². The largest absolute Gasteiger partial charge is 0.330 e. The van der Waals surface area contributed by atoms with Crippen LogP contribution in [0.4, 0.5) is 0 Å². The third-order valence-electron chi connectivity index (χ3n) is 3.88. The quantitative estimate of drug-likeness (QED) is 0.908. The van der Waals surface area contributed by atoms with Crippen LogP contribution in [0.1, 0.15) is 39.1 Å². The number of rotatable bonds is 5. The molecule has 98 valence electrons. The zero-order chi connectivity index (χ0) is 13.2. The highest BCUT2D eigenvalue weighted by molar-refractivity contribution is 9.10. The van der Waals surface area contributed by atoms with Crippen molar-refractivity contribution in [1.82, 2.24) is 9.78 Å². The molecule has 0 saturated carbocycles. The summed E-state index contributed by atoms with van der Waals surface area (Å²) in [5.74, 6) is 0.555. The summed E-state index contributed by atoms with van der Waals surface area (Å²) in [6.45, 7) is 12.5. The molecule has 0 aliphatic carbocycles. The lowest BCUT2D eigenvalue weighted by Crippen LogP contribution is -2.35. The normalized spacial score (nSPS) is 15.3. The number of halogens is 1. The molecule has 0 radical (unpaired) electrons. The highest BCUT2D eigenvalue weighted by Gasteiger charge is 2.30. The summed E-state index contributed by atoms with van der Waals surface area (Å²) in [7, 11) is 0. The van der Waals surface area contributed by atoms with Gasteiger partial charge in [0.25, 0.3) is 0 Å². The molecule has 1 atom stereocenters. The van der Waals surface area contributed by atoms with Crippen LogP contribution in [0.2, 0.25) is 0 Å². The van der Waals surface area contributed by atoms with Crippen molar-refractivity contribution in [3.05, 3.63) is 15.9 Å². The Morgan fingerprint density at radius 3 is 2.47 bits per heavy atom. The molecular weight excluding hydrogens is 278 g/mol. The van der Waals surface area contributed by atoms with Gasteiger partial charge in [-0.1, -0.05) is 20.8 Å². The van der Waals surface area contributed by atoms with E-state index in [1.807, 2.05) is 6.92 Å². The van der Waals surface area contributed by atoms with E-state index in [1.54, 1.807) is 0 Å². The Morgan fingerprint density at radius 2 is 2.06 bits per heavy atom. The highest BCUT2D eigenvalue weighted by atomic mass is 79.9. The fourth-order valence-corrected chi connectivity index (χ4v) is 2.36. The second-order valence-corrected chi connectivity index (χ2v) is 6.14. The number of nitrogens with zero attached hydrogens (tertiary/aromatic N) is 2. The van der Waals surface area contributed by atoms with Crippen LogP contribution in [-0.2, 0) is 13.0 Å². The zero-order valence-electron chi connectivity index (χ0n) is 11.5. The second kappa shape index (κ2) is 5.53. The molecule has 0 aliphatic rings. The van der Waals surface area contributed by atoms with E-state index < -0.39 is 0 Å². The molecule has 17 heavy (non-hydrogen) atoms. The van der Waals surface area contributed by atoms with Gasteiger partial charge in [0.1, 0.15) is 0 Å². The number of hydrogen-bond acceptors (Lipinski definition) is 2. The average molecular weight is 302 g/mol. The topological polar surface area (TPSA) is 43.8 Å². The van der Waals surface area contributed by atoms with Crippen molar-refractivity contribution in [2.75, 3.05) is 6.54 Å². The summed E-state index contributed by atoms with van der Waals surface area (Å²) in [6.07, 6.45) is 0.969. The molecule has 0 aromatic carbocycles. The zero-order valence-corrected chi connectivity index (χ0v) is 13.1. The molecule has 1 rings (SSSR count). The molecular formula is C13H24BrN3. The lowest BCUT2D eigenvalue weighted by Gasteiger charge is -2.32. The monoisotopic (exact) mass is 301 g/mol.